The summed E-state index contributed by atoms with van der Waals surface area (Å²) in [5.41, 5.74) is 15.9. The average molecular weight is 778 g/mol. The summed E-state index contributed by atoms with van der Waals surface area (Å²) in [6, 6.07) is 74.6. The van der Waals surface area contributed by atoms with E-state index in [9.17, 15) is 0 Å². The molecule has 0 saturated heterocycles. The minimum absolute atomic E-state index is 0.968. The molecule has 2 aromatic heterocycles. The van der Waals surface area contributed by atoms with E-state index in [-0.39, 0.29) is 0 Å². The number of para-hydroxylation sites is 3. The van der Waals surface area contributed by atoms with Crippen molar-refractivity contribution in [3.8, 4) is 22.5 Å². The van der Waals surface area contributed by atoms with Crippen LogP contribution in [-0.2, 0) is 0 Å². The van der Waals surface area contributed by atoms with Crippen LogP contribution in [0.1, 0.15) is 11.1 Å². The van der Waals surface area contributed by atoms with Crippen molar-refractivity contribution in [1.82, 2.24) is 9.13 Å². The van der Waals surface area contributed by atoms with E-state index in [0.717, 1.165) is 50.5 Å². The molecule has 0 spiro atoms. The van der Waals surface area contributed by atoms with Crippen molar-refractivity contribution in [2.75, 3.05) is 4.90 Å². The molecule has 1 aliphatic heterocycles. The van der Waals surface area contributed by atoms with Crippen LogP contribution < -0.4 is 4.90 Å². The van der Waals surface area contributed by atoms with Gasteiger partial charge in [-0.3, -0.25) is 0 Å². The largest absolute Gasteiger partial charge is 0.316 e. The van der Waals surface area contributed by atoms with E-state index in [2.05, 4.69) is 245 Å². The summed E-state index contributed by atoms with van der Waals surface area (Å²) in [7, 11) is 0. The zero-order chi connectivity index (χ0) is 40.4. The Labute approximate surface area is 354 Å². The Morgan fingerprint density at radius 2 is 0.918 bits per heavy atom. The van der Waals surface area contributed by atoms with Gasteiger partial charge in [-0.1, -0.05) is 146 Å². The van der Waals surface area contributed by atoms with Gasteiger partial charge < -0.3 is 14.0 Å². The van der Waals surface area contributed by atoms with Crippen LogP contribution in [0.3, 0.4) is 0 Å². The van der Waals surface area contributed by atoms with Crippen LogP contribution in [0.4, 0.5) is 11.4 Å². The zero-order valence-electron chi connectivity index (χ0n) is 33.4. The van der Waals surface area contributed by atoms with E-state index >= 15 is 0 Å². The van der Waals surface area contributed by atoms with E-state index in [1.54, 1.807) is 0 Å². The van der Waals surface area contributed by atoms with Crippen LogP contribution in [0, 0.1) is 0 Å². The Kier molecular flexibility index (Phi) is 8.01. The molecule has 0 amide bonds. The predicted octanol–water partition coefficient (Wildman–Crippen LogP) is 15.5. The van der Waals surface area contributed by atoms with E-state index in [4.69, 9.17) is 0 Å². The van der Waals surface area contributed by atoms with Crippen molar-refractivity contribution in [2.24, 2.45) is 0 Å². The topological polar surface area (TPSA) is 13.1 Å². The summed E-state index contributed by atoms with van der Waals surface area (Å²) in [5, 5.41) is 7.27. The van der Waals surface area contributed by atoms with Crippen LogP contribution in [0.15, 0.2) is 231 Å². The van der Waals surface area contributed by atoms with Crippen LogP contribution >= 0.6 is 0 Å². The summed E-state index contributed by atoms with van der Waals surface area (Å²) in [6.07, 6.45) is 6.71. The van der Waals surface area contributed by atoms with Crippen molar-refractivity contribution in [2.45, 2.75) is 0 Å². The molecule has 3 nitrogen and oxygen atoms in total. The fourth-order valence-corrected chi connectivity index (χ4v) is 9.54. The lowest BCUT2D eigenvalue weighted by Gasteiger charge is -2.27. The molecule has 0 fully saturated rings. The summed E-state index contributed by atoms with van der Waals surface area (Å²) < 4.78 is 4.85. The smallest absolute Gasteiger partial charge is 0.0548 e. The third-order valence-electron chi connectivity index (χ3n) is 12.4. The van der Waals surface area contributed by atoms with Crippen molar-refractivity contribution >= 4 is 76.9 Å². The number of nitrogens with zero attached hydrogens (tertiary/aromatic N) is 3. The summed E-state index contributed by atoms with van der Waals surface area (Å²) >= 11 is 0. The maximum absolute atomic E-state index is 4.66. The second-order valence-corrected chi connectivity index (χ2v) is 15.9. The monoisotopic (exact) mass is 777 g/mol. The van der Waals surface area contributed by atoms with Gasteiger partial charge in [-0.2, -0.15) is 0 Å². The first-order chi connectivity index (χ1) is 30.2. The Balaban J connectivity index is 1.09. The lowest BCUT2D eigenvalue weighted by atomic mass is 9.95. The normalized spacial score (nSPS) is 14.3. The molecule has 0 radical (unpaired) electrons. The minimum Gasteiger partial charge on any atom is -0.316 e. The van der Waals surface area contributed by atoms with Gasteiger partial charge in [0.2, 0.25) is 0 Å². The van der Waals surface area contributed by atoms with Gasteiger partial charge in [-0.15, -0.1) is 0 Å². The maximum atomic E-state index is 4.66. The van der Waals surface area contributed by atoms with E-state index in [0.29, 0.717) is 0 Å². The molecule has 1 aliphatic rings. The molecule has 0 atom stereocenters. The van der Waals surface area contributed by atoms with Crippen molar-refractivity contribution in [3.05, 3.63) is 242 Å². The van der Waals surface area contributed by atoms with Crippen molar-refractivity contribution < 1.29 is 0 Å². The van der Waals surface area contributed by atoms with Gasteiger partial charge in [0.15, 0.2) is 0 Å². The molecule has 11 aromatic rings. The Morgan fingerprint density at radius 3 is 1.72 bits per heavy atom. The minimum atomic E-state index is 0.968. The van der Waals surface area contributed by atoms with Crippen molar-refractivity contribution in [1.29, 1.82) is 0 Å². The molecule has 0 unspecified atom stereocenters. The van der Waals surface area contributed by atoms with Crippen LogP contribution in [0.25, 0.3) is 88.0 Å². The number of hydrogen-bond acceptors (Lipinski definition) is 1. The van der Waals surface area contributed by atoms with Gasteiger partial charge in [0.25, 0.3) is 0 Å². The molecule has 0 N–H and O–H groups in total. The first-order valence-electron chi connectivity index (χ1n) is 20.9. The second-order valence-electron chi connectivity index (χ2n) is 15.9. The van der Waals surface area contributed by atoms with Gasteiger partial charge in [-0.25, -0.2) is 0 Å². The predicted molar refractivity (Wildman–Crippen MR) is 259 cm³/mol. The molecule has 12 rings (SSSR count). The SMILES string of the molecule is C=C1/C=C(c2ccc3c(c2)c2cc4c(cc2n3-c2ccc(-c3ccccc3)cc2)c2ccccc2n4-c2ccccc2)\C=C/N(c2cccc3ccccc23)c2ccccc21. The number of anilines is 2. The molecule has 3 heterocycles. The third kappa shape index (κ3) is 5.66. The highest BCUT2D eigenvalue weighted by atomic mass is 15.1. The van der Waals surface area contributed by atoms with Gasteiger partial charge in [0.05, 0.1) is 33.4 Å². The van der Waals surface area contributed by atoms with Crippen molar-refractivity contribution in [3.63, 3.8) is 0 Å². The lowest BCUT2D eigenvalue weighted by molar-refractivity contribution is 1.17. The molecular weight excluding hydrogens is 739 g/mol. The van der Waals surface area contributed by atoms with E-state index in [1.165, 1.54) is 60.0 Å². The Morgan fingerprint density at radius 1 is 0.361 bits per heavy atom. The fraction of sp³-hybridized carbons (Fsp3) is 0. The standard InChI is InChI=1S/C58H39N3/c1-39-35-44(33-34-59(53-24-12-10-21-47(39)53)54-26-14-18-42-17-8-9-22-48(42)54)43-29-32-56-50(36-43)52-38-57-51(49-23-11-13-25-55(49)60(57)45-19-6-3-7-20-45)37-58(52)61(56)46-30-27-41(28-31-46)40-15-4-2-5-16-40/h2-38H,1H2/b34-33-,44-35+. The van der Waals surface area contributed by atoms with Gasteiger partial charge in [-0.05, 0) is 112 Å². The second kappa shape index (κ2) is 14.0. The number of allylic oxidation sites excluding steroid dienone is 4. The molecule has 61 heavy (non-hydrogen) atoms. The number of benzene rings is 9. The number of rotatable bonds is 5. The number of hydrogen-bond donors (Lipinski definition) is 0. The van der Waals surface area contributed by atoms with E-state index in [1.807, 2.05) is 0 Å². The fourth-order valence-electron chi connectivity index (χ4n) is 9.54. The average Bonchev–Trinajstić information content (AvgIpc) is 3.82. The number of fused-ring (bicyclic) bond motifs is 8. The van der Waals surface area contributed by atoms with Crippen LogP contribution in [0.5, 0.6) is 0 Å². The summed E-state index contributed by atoms with van der Waals surface area (Å²) in [6.45, 7) is 4.66. The third-order valence-corrected chi connectivity index (χ3v) is 12.4. The van der Waals surface area contributed by atoms with E-state index < -0.39 is 0 Å². The highest BCUT2D eigenvalue weighted by Gasteiger charge is 2.21. The molecular formula is C58H39N3. The Bertz CT molecular complexity index is 3580. The molecule has 9 aromatic carbocycles. The summed E-state index contributed by atoms with van der Waals surface area (Å²) in [4.78, 5) is 2.32. The highest BCUT2D eigenvalue weighted by molar-refractivity contribution is 6.19. The summed E-state index contributed by atoms with van der Waals surface area (Å²) in [5.74, 6) is 0. The molecule has 0 bridgehead atoms. The quantitative estimate of drug-likeness (QED) is 0.170. The molecule has 0 aliphatic carbocycles. The lowest BCUT2D eigenvalue weighted by Crippen LogP contribution is -2.12. The highest BCUT2D eigenvalue weighted by Crippen LogP contribution is 2.43. The van der Waals surface area contributed by atoms with Gasteiger partial charge >= 0.3 is 0 Å². The maximum Gasteiger partial charge on any atom is 0.0548 e. The van der Waals surface area contributed by atoms with Gasteiger partial charge in [0, 0.05) is 50.1 Å². The molecule has 286 valence electrons. The van der Waals surface area contributed by atoms with Crippen LogP contribution in [0.2, 0.25) is 0 Å². The van der Waals surface area contributed by atoms with Crippen LogP contribution in [-0.4, -0.2) is 9.13 Å². The molecule has 0 saturated carbocycles. The first kappa shape index (κ1) is 34.9. The van der Waals surface area contributed by atoms with Gasteiger partial charge in [0.1, 0.15) is 0 Å². The molecule has 3 heteroatoms. The number of aromatic nitrogens is 2. The first-order valence-corrected chi connectivity index (χ1v) is 20.9. The zero-order valence-corrected chi connectivity index (χ0v) is 33.4. The Hall–Kier alpha value is -8.14.